The van der Waals surface area contributed by atoms with Crippen LogP contribution >= 0.6 is 0 Å². The van der Waals surface area contributed by atoms with Crippen LogP contribution in [-0.4, -0.2) is 110 Å². The van der Waals surface area contributed by atoms with Crippen molar-refractivity contribution in [1.29, 1.82) is 0 Å². The van der Waals surface area contributed by atoms with E-state index >= 15 is 0 Å². The monoisotopic (exact) mass is 789 g/mol. The van der Waals surface area contributed by atoms with Gasteiger partial charge in [0, 0.05) is 26.0 Å². The second-order valence-electron chi connectivity index (χ2n) is 16.2. The fourth-order valence-corrected chi connectivity index (χ4v) is 9.13. The molecule has 1 unspecified atom stereocenters. The van der Waals surface area contributed by atoms with Crippen molar-refractivity contribution in [2.75, 3.05) is 26.8 Å². The smallest absolute Gasteiger partial charge is 0.410 e. The van der Waals surface area contributed by atoms with E-state index in [2.05, 4.69) is 15.4 Å². The maximum Gasteiger partial charge on any atom is 0.410 e. The van der Waals surface area contributed by atoms with Gasteiger partial charge in [0.1, 0.15) is 35.1 Å². The van der Waals surface area contributed by atoms with Crippen molar-refractivity contribution in [3.63, 3.8) is 0 Å². The number of allylic oxidation sites excluding steroid dienone is 1. The van der Waals surface area contributed by atoms with Crippen LogP contribution in [0.5, 0.6) is 0 Å². The number of rotatable bonds is 7. The van der Waals surface area contributed by atoms with E-state index in [4.69, 9.17) is 14.2 Å². The van der Waals surface area contributed by atoms with Crippen molar-refractivity contribution in [1.82, 2.24) is 25.2 Å². The van der Waals surface area contributed by atoms with Gasteiger partial charge >= 0.3 is 12.2 Å². The summed E-state index contributed by atoms with van der Waals surface area (Å²) in [5.74, 6) is -3.04. The van der Waals surface area contributed by atoms with Gasteiger partial charge in [0.15, 0.2) is 0 Å². The third kappa shape index (κ3) is 9.25. The number of fused-ring (bicyclic) bond motifs is 3. The summed E-state index contributed by atoms with van der Waals surface area (Å²) in [5.41, 5.74) is -1.34. The Kier molecular flexibility index (Phi) is 11.8. The van der Waals surface area contributed by atoms with Gasteiger partial charge in [0.05, 0.1) is 24.4 Å². The molecule has 302 valence electrons. The van der Waals surface area contributed by atoms with Gasteiger partial charge in [0.25, 0.3) is 5.91 Å². The zero-order chi connectivity index (χ0) is 39.7. The van der Waals surface area contributed by atoms with Crippen molar-refractivity contribution in [3.05, 3.63) is 47.3 Å². The number of ether oxygens (including phenoxy) is 3. The lowest BCUT2D eigenvalue weighted by molar-refractivity contribution is -0.141. The van der Waals surface area contributed by atoms with E-state index in [1.807, 2.05) is 12.2 Å². The van der Waals surface area contributed by atoms with Crippen LogP contribution in [0.1, 0.15) is 95.7 Å². The number of methoxy groups -OCH3 is 1. The van der Waals surface area contributed by atoms with E-state index in [0.29, 0.717) is 43.2 Å². The Morgan fingerprint density at radius 1 is 1.09 bits per heavy atom. The van der Waals surface area contributed by atoms with Crippen molar-refractivity contribution in [2.24, 2.45) is 5.92 Å². The Labute approximate surface area is 321 Å². The first kappa shape index (κ1) is 40.4. The number of carbonyl (C=O) groups excluding carboxylic acids is 5. The molecule has 6 atom stereocenters. The lowest BCUT2D eigenvalue weighted by atomic mass is 9.93. The third-order valence-corrected chi connectivity index (χ3v) is 12.7. The highest BCUT2D eigenvalue weighted by Crippen LogP contribution is 2.46. The fourth-order valence-electron chi connectivity index (χ4n) is 7.77. The number of benzene rings is 1. The Bertz CT molecular complexity index is 1810. The van der Waals surface area contributed by atoms with Crippen LogP contribution in [0.4, 0.5) is 14.0 Å². The second kappa shape index (κ2) is 16.1. The summed E-state index contributed by atoms with van der Waals surface area (Å²) in [6, 6.07) is 1.67. The van der Waals surface area contributed by atoms with Crippen LogP contribution < -0.4 is 15.4 Å². The minimum Gasteiger partial charge on any atom is -0.444 e. The van der Waals surface area contributed by atoms with E-state index in [1.54, 1.807) is 32.9 Å². The average Bonchev–Trinajstić information content (AvgIpc) is 4.03. The Hall–Kier alpha value is -4.25. The third-order valence-electron chi connectivity index (χ3n) is 10.9. The number of alkyl carbamates (subject to hydrolysis) is 1. The molecule has 17 heteroatoms. The lowest BCUT2D eigenvalue weighted by Gasteiger charge is -2.36. The first-order valence-corrected chi connectivity index (χ1v) is 20.7. The quantitative estimate of drug-likeness (QED) is 0.346. The van der Waals surface area contributed by atoms with Crippen molar-refractivity contribution < 1.29 is 51.0 Å². The van der Waals surface area contributed by atoms with E-state index in [1.165, 1.54) is 23.0 Å². The summed E-state index contributed by atoms with van der Waals surface area (Å²) in [5, 5.41) is 4.82. The zero-order valence-electron chi connectivity index (χ0n) is 31.8. The summed E-state index contributed by atoms with van der Waals surface area (Å²) in [6.07, 6.45) is 5.25. The Balaban J connectivity index is 1.27. The summed E-state index contributed by atoms with van der Waals surface area (Å²) >= 11 is 0. The van der Waals surface area contributed by atoms with Gasteiger partial charge in [-0.25, -0.2) is 22.4 Å². The Morgan fingerprint density at radius 2 is 1.85 bits per heavy atom. The molecule has 3 N–H and O–H groups in total. The van der Waals surface area contributed by atoms with Gasteiger partial charge < -0.3 is 29.7 Å². The van der Waals surface area contributed by atoms with Gasteiger partial charge in [0.2, 0.25) is 21.8 Å². The van der Waals surface area contributed by atoms with Gasteiger partial charge in [-0.3, -0.25) is 24.0 Å². The molecule has 2 aliphatic carbocycles. The predicted molar refractivity (Wildman–Crippen MR) is 196 cm³/mol. The number of amides is 5. The zero-order valence-corrected chi connectivity index (χ0v) is 32.6. The molecule has 3 fully saturated rings. The molecule has 1 aromatic rings. The van der Waals surface area contributed by atoms with E-state index in [0.717, 1.165) is 6.42 Å². The number of halogens is 1. The molecule has 15 nitrogen and oxygen atoms in total. The maximum atomic E-state index is 14.7. The molecule has 5 amide bonds. The number of sulfonamides is 1. The summed E-state index contributed by atoms with van der Waals surface area (Å²) in [7, 11) is -2.46. The molecule has 0 radical (unpaired) electrons. The molecule has 2 saturated carbocycles. The maximum absolute atomic E-state index is 14.7. The van der Waals surface area contributed by atoms with Crippen LogP contribution in [0.3, 0.4) is 0 Å². The number of hydrogen-bond acceptors (Lipinski definition) is 10. The fraction of sp³-hybridized carbons (Fsp3) is 0.658. The molecular formula is C38H52FN5O10S. The molecule has 55 heavy (non-hydrogen) atoms. The number of hydrogen-bond donors (Lipinski definition) is 3. The van der Waals surface area contributed by atoms with E-state index in [-0.39, 0.29) is 51.2 Å². The first-order chi connectivity index (χ1) is 26.0. The molecule has 0 aromatic heterocycles. The van der Waals surface area contributed by atoms with Gasteiger partial charge in [-0.1, -0.05) is 37.1 Å². The minimum absolute atomic E-state index is 0.0695. The summed E-state index contributed by atoms with van der Waals surface area (Å²) < 4.78 is 59.3. The molecule has 6 rings (SSSR count). The topological polar surface area (TPSA) is 190 Å². The van der Waals surface area contributed by atoms with E-state index in [9.17, 15) is 36.8 Å². The largest absolute Gasteiger partial charge is 0.444 e. The van der Waals surface area contributed by atoms with Crippen LogP contribution in [0.15, 0.2) is 30.4 Å². The molecule has 1 aromatic carbocycles. The van der Waals surface area contributed by atoms with E-state index < -0.39 is 86.5 Å². The molecule has 1 saturated heterocycles. The second-order valence-corrected chi connectivity index (χ2v) is 18.1. The Morgan fingerprint density at radius 3 is 2.56 bits per heavy atom. The predicted octanol–water partition coefficient (Wildman–Crippen LogP) is 3.37. The highest BCUT2D eigenvalue weighted by molar-refractivity contribution is 7.91. The standard InChI is InChI=1S/C38H52FN5O10S/c1-37(2,3)54-35(48)40-29-14-9-7-5-6-8-11-23-20-38(23,34(47)42-55(50,51)25-15-16-25)41-32(45)30-19-24(21-44(30)33(29)46)53-36(49)43-18-17-26-27(31(43)22-52-4)12-10-13-28(26)39/h8,10-13,23-25,29-31H,5-7,9,14-22H2,1-4H3,(H,40,48)(H,41,45)(H,42,47)/b11-8-/t23-,24-,29-,30+,31?,38-/m1/s1. The lowest BCUT2D eigenvalue weighted by Crippen LogP contribution is -2.58. The molecule has 0 spiro atoms. The number of nitrogens with one attached hydrogen (secondary N) is 3. The van der Waals surface area contributed by atoms with Crippen LogP contribution in [0.25, 0.3) is 0 Å². The molecular weight excluding hydrogens is 738 g/mol. The normalized spacial score (nSPS) is 29.3. The minimum atomic E-state index is -3.93. The van der Waals surface area contributed by atoms with Gasteiger partial charge in [-0.2, -0.15) is 0 Å². The van der Waals surface area contributed by atoms with Crippen molar-refractivity contribution in [3.8, 4) is 0 Å². The number of nitrogens with zero attached hydrogens (tertiary/aromatic N) is 2. The van der Waals surface area contributed by atoms with Crippen molar-refractivity contribution in [2.45, 2.75) is 126 Å². The number of carbonyl (C=O) groups is 5. The SMILES string of the molecule is COCC1c2cccc(F)c2CCN1C(=O)O[C@@H]1C[C@H]2C(=O)N[C@]3(C(=O)NS(=O)(=O)C4CC4)C[C@H]3/C=C\CCCCC[C@@H](NC(=O)OC(C)(C)C)C(=O)N2C1. The van der Waals surface area contributed by atoms with Gasteiger partial charge in [-0.15, -0.1) is 0 Å². The molecule has 3 aliphatic heterocycles. The van der Waals surface area contributed by atoms with Gasteiger partial charge in [-0.05, 0) is 82.9 Å². The summed E-state index contributed by atoms with van der Waals surface area (Å²) in [4.78, 5) is 71.9. The first-order valence-electron chi connectivity index (χ1n) is 19.1. The van der Waals surface area contributed by atoms with Crippen molar-refractivity contribution >= 4 is 39.9 Å². The van der Waals surface area contributed by atoms with Crippen LogP contribution in [-0.2, 0) is 45.0 Å². The highest BCUT2D eigenvalue weighted by Gasteiger charge is 2.62. The summed E-state index contributed by atoms with van der Waals surface area (Å²) in [6.45, 7) is 5.08. The molecule has 3 heterocycles. The molecule has 0 bridgehead atoms. The molecule has 5 aliphatic rings. The van der Waals surface area contributed by atoms with Crippen LogP contribution in [0, 0.1) is 11.7 Å². The average molecular weight is 790 g/mol. The highest BCUT2D eigenvalue weighted by atomic mass is 32.2. The van der Waals surface area contributed by atoms with Crippen LogP contribution in [0.2, 0.25) is 0 Å².